The molecule has 1 amide bonds. The van der Waals surface area contributed by atoms with Crippen molar-refractivity contribution in [3.8, 4) is 5.75 Å². The van der Waals surface area contributed by atoms with Gasteiger partial charge in [0.2, 0.25) is 0 Å². The molecule has 2 rings (SSSR count). The highest BCUT2D eigenvalue weighted by Crippen LogP contribution is 2.15. The number of amides is 1. The normalized spacial score (nSPS) is 10.5. The minimum absolute atomic E-state index is 0.00253. The first-order chi connectivity index (χ1) is 11.5. The van der Waals surface area contributed by atoms with E-state index < -0.39 is 0 Å². The van der Waals surface area contributed by atoms with Gasteiger partial charge < -0.3 is 15.4 Å². The Morgan fingerprint density at radius 2 is 1.62 bits per heavy atom. The van der Waals surface area contributed by atoms with Gasteiger partial charge >= 0.3 is 0 Å². The van der Waals surface area contributed by atoms with E-state index in [1.807, 2.05) is 55.5 Å². The number of carbonyl (C=O) groups excluding carboxylic acids is 1. The van der Waals surface area contributed by atoms with Gasteiger partial charge in [0.05, 0.1) is 0 Å². The first kappa shape index (κ1) is 17.9. The first-order valence-electron chi connectivity index (χ1n) is 8.36. The molecule has 0 aliphatic rings. The number of ether oxygens (including phenoxy) is 1. The minimum atomic E-state index is -0.170. The summed E-state index contributed by atoms with van der Waals surface area (Å²) in [6, 6.07) is 15.4. The van der Waals surface area contributed by atoms with Crippen molar-refractivity contribution in [2.75, 3.05) is 23.8 Å². The van der Waals surface area contributed by atoms with Gasteiger partial charge in [-0.05, 0) is 55.7 Å². The predicted octanol–water partition coefficient (Wildman–Crippen LogP) is 4.47. The van der Waals surface area contributed by atoms with E-state index in [9.17, 15) is 4.79 Å². The summed E-state index contributed by atoms with van der Waals surface area (Å²) in [4.78, 5) is 11.9. The molecule has 0 saturated carbocycles. The van der Waals surface area contributed by atoms with E-state index >= 15 is 0 Å². The van der Waals surface area contributed by atoms with E-state index in [0.717, 1.165) is 29.9 Å². The van der Waals surface area contributed by atoms with Crippen LogP contribution in [0.25, 0.3) is 0 Å². The topological polar surface area (TPSA) is 50.4 Å². The van der Waals surface area contributed by atoms with E-state index in [2.05, 4.69) is 24.5 Å². The number of aryl methyl sites for hydroxylation is 1. The van der Waals surface area contributed by atoms with Crippen molar-refractivity contribution in [3.63, 3.8) is 0 Å². The van der Waals surface area contributed by atoms with Gasteiger partial charge in [-0.15, -0.1) is 0 Å². The fourth-order valence-corrected chi connectivity index (χ4v) is 2.16. The maximum Gasteiger partial charge on any atom is 0.262 e. The number of hydrogen-bond donors (Lipinski definition) is 2. The van der Waals surface area contributed by atoms with Crippen molar-refractivity contribution in [2.45, 2.75) is 27.2 Å². The first-order valence-corrected chi connectivity index (χ1v) is 8.36. The molecule has 2 aromatic carbocycles. The van der Waals surface area contributed by atoms with Gasteiger partial charge in [-0.1, -0.05) is 31.5 Å². The fourth-order valence-electron chi connectivity index (χ4n) is 2.16. The minimum Gasteiger partial charge on any atom is -0.484 e. The molecule has 24 heavy (non-hydrogen) atoms. The van der Waals surface area contributed by atoms with E-state index in [0.29, 0.717) is 11.7 Å². The molecule has 128 valence electrons. The van der Waals surface area contributed by atoms with Crippen LogP contribution in [0.4, 0.5) is 11.4 Å². The molecule has 0 unspecified atom stereocenters. The number of carbonyl (C=O) groups is 1. The Hall–Kier alpha value is -2.49. The highest BCUT2D eigenvalue weighted by atomic mass is 16.5. The van der Waals surface area contributed by atoms with Crippen LogP contribution >= 0.6 is 0 Å². The lowest BCUT2D eigenvalue weighted by molar-refractivity contribution is -0.118. The second kappa shape index (κ2) is 8.96. The summed E-state index contributed by atoms with van der Waals surface area (Å²) in [5, 5.41) is 6.20. The summed E-state index contributed by atoms with van der Waals surface area (Å²) in [7, 11) is 0. The average molecular weight is 326 g/mol. The lowest BCUT2D eigenvalue weighted by Gasteiger charge is -2.10. The third kappa shape index (κ3) is 6.32. The summed E-state index contributed by atoms with van der Waals surface area (Å²) in [5.41, 5.74) is 2.99. The number of hydrogen-bond acceptors (Lipinski definition) is 3. The second-order valence-electron chi connectivity index (χ2n) is 6.34. The van der Waals surface area contributed by atoms with Crippen molar-refractivity contribution < 1.29 is 9.53 Å². The van der Waals surface area contributed by atoms with Crippen LogP contribution in [0.3, 0.4) is 0 Å². The molecular formula is C20H26N2O2. The number of benzene rings is 2. The zero-order valence-corrected chi connectivity index (χ0v) is 14.6. The lowest BCUT2D eigenvalue weighted by Crippen LogP contribution is -2.20. The maximum absolute atomic E-state index is 11.9. The smallest absolute Gasteiger partial charge is 0.262 e. The molecule has 0 saturated heterocycles. The summed E-state index contributed by atoms with van der Waals surface area (Å²) in [6.45, 7) is 7.38. The van der Waals surface area contributed by atoms with Crippen LogP contribution in [0.1, 0.15) is 25.8 Å². The Morgan fingerprint density at radius 3 is 2.25 bits per heavy atom. The van der Waals surface area contributed by atoms with Gasteiger partial charge in [-0.25, -0.2) is 0 Å². The van der Waals surface area contributed by atoms with E-state index in [1.165, 1.54) is 0 Å². The molecule has 2 N–H and O–H groups in total. The maximum atomic E-state index is 11.9. The Morgan fingerprint density at radius 1 is 1.00 bits per heavy atom. The second-order valence-corrected chi connectivity index (χ2v) is 6.34. The molecule has 0 atom stereocenters. The van der Waals surface area contributed by atoms with Crippen LogP contribution in [-0.4, -0.2) is 19.1 Å². The van der Waals surface area contributed by atoms with Crippen LogP contribution in [0, 0.1) is 12.8 Å². The molecule has 0 aromatic heterocycles. The van der Waals surface area contributed by atoms with Crippen molar-refractivity contribution in [1.82, 2.24) is 0 Å². The van der Waals surface area contributed by atoms with Gasteiger partial charge in [-0.3, -0.25) is 4.79 Å². The molecule has 0 spiro atoms. The third-order valence-electron chi connectivity index (χ3n) is 3.61. The molecule has 4 nitrogen and oxygen atoms in total. The number of rotatable bonds is 8. The quantitative estimate of drug-likeness (QED) is 0.752. The number of anilines is 2. The van der Waals surface area contributed by atoms with Gasteiger partial charge in [-0.2, -0.15) is 0 Å². The van der Waals surface area contributed by atoms with Gasteiger partial charge in [0, 0.05) is 17.9 Å². The van der Waals surface area contributed by atoms with Crippen molar-refractivity contribution in [2.24, 2.45) is 5.92 Å². The number of nitrogens with one attached hydrogen (secondary N) is 2. The summed E-state index contributed by atoms with van der Waals surface area (Å²) < 4.78 is 5.47. The van der Waals surface area contributed by atoms with Crippen LogP contribution in [0.5, 0.6) is 5.75 Å². The molecular weight excluding hydrogens is 300 g/mol. The van der Waals surface area contributed by atoms with Gasteiger partial charge in [0.25, 0.3) is 5.91 Å². The molecule has 2 aromatic rings. The lowest BCUT2D eigenvalue weighted by atomic mass is 10.1. The van der Waals surface area contributed by atoms with E-state index in [-0.39, 0.29) is 12.5 Å². The van der Waals surface area contributed by atoms with Crippen molar-refractivity contribution in [1.29, 1.82) is 0 Å². The highest BCUT2D eigenvalue weighted by molar-refractivity contribution is 5.92. The summed E-state index contributed by atoms with van der Waals surface area (Å²) >= 11 is 0. The summed E-state index contributed by atoms with van der Waals surface area (Å²) in [5.74, 6) is 1.21. The average Bonchev–Trinajstić information content (AvgIpc) is 2.56. The third-order valence-corrected chi connectivity index (χ3v) is 3.61. The van der Waals surface area contributed by atoms with Crippen molar-refractivity contribution >= 4 is 17.3 Å². The summed E-state index contributed by atoms with van der Waals surface area (Å²) in [6.07, 6.45) is 1.13. The molecule has 4 heteroatoms. The Bertz CT molecular complexity index is 634. The zero-order valence-electron chi connectivity index (χ0n) is 14.6. The molecule has 0 heterocycles. The molecule has 0 bridgehead atoms. The monoisotopic (exact) mass is 326 g/mol. The predicted molar refractivity (Wildman–Crippen MR) is 99.7 cm³/mol. The van der Waals surface area contributed by atoms with E-state index in [1.54, 1.807) is 0 Å². The van der Waals surface area contributed by atoms with Crippen LogP contribution in [-0.2, 0) is 4.79 Å². The molecule has 0 aliphatic carbocycles. The van der Waals surface area contributed by atoms with Crippen LogP contribution in [0.15, 0.2) is 48.5 Å². The largest absolute Gasteiger partial charge is 0.484 e. The fraction of sp³-hybridized carbons (Fsp3) is 0.350. The highest BCUT2D eigenvalue weighted by Gasteiger charge is 2.04. The van der Waals surface area contributed by atoms with Crippen LogP contribution < -0.4 is 15.4 Å². The molecule has 0 aliphatic heterocycles. The Balaban J connectivity index is 1.76. The van der Waals surface area contributed by atoms with E-state index in [4.69, 9.17) is 4.74 Å². The Kier molecular flexibility index (Phi) is 6.67. The zero-order chi connectivity index (χ0) is 17.4. The van der Waals surface area contributed by atoms with Gasteiger partial charge in [0.1, 0.15) is 5.75 Å². The van der Waals surface area contributed by atoms with Crippen molar-refractivity contribution in [3.05, 3.63) is 54.1 Å². The van der Waals surface area contributed by atoms with Gasteiger partial charge in [0.15, 0.2) is 6.61 Å². The molecule has 0 radical (unpaired) electrons. The molecule has 0 fully saturated rings. The standard InChI is InChI=1S/C20H26N2O2/c1-15(2)12-13-21-17-6-8-18(9-7-17)22-20(23)14-24-19-10-4-16(3)5-11-19/h4-11,15,21H,12-14H2,1-3H3,(H,22,23). The SMILES string of the molecule is Cc1ccc(OCC(=O)Nc2ccc(NCCC(C)C)cc2)cc1. The Labute approximate surface area is 144 Å². The van der Waals surface area contributed by atoms with Crippen LogP contribution in [0.2, 0.25) is 0 Å².